The number of aliphatic imine (C=N–C) groups is 1. The van der Waals surface area contributed by atoms with Crippen LogP contribution >= 0.6 is 0 Å². The molecular formula is C18H34N6. The van der Waals surface area contributed by atoms with Gasteiger partial charge >= 0.3 is 0 Å². The van der Waals surface area contributed by atoms with E-state index in [1.165, 1.54) is 32.1 Å². The van der Waals surface area contributed by atoms with Gasteiger partial charge in [0.05, 0.1) is 0 Å². The zero-order chi connectivity index (χ0) is 17.2. The molecule has 1 heterocycles. The molecule has 1 fully saturated rings. The Morgan fingerprint density at radius 1 is 1.17 bits per heavy atom. The van der Waals surface area contributed by atoms with Gasteiger partial charge in [-0.05, 0) is 31.6 Å². The number of nitrogens with one attached hydrogen (secondary N) is 2. The lowest BCUT2D eigenvalue weighted by Crippen LogP contribution is -2.39. The van der Waals surface area contributed by atoms with Gasteiger partial charge in [0.2, 0.25) is 0 Å². The molecule has 1 aromatic rings. The summed E-state index contributed by atoms with van der Waals surface area (Å²) < 4.78 is 2.10. The van der Waals surface area contributed by atoms with Crippen molar-refractivity contribution in [2.24, 2.45) is 16.8 Å². The highest BCUT2D eigenvalue weighted by Gasteiger charge is 2.19. The number of aromatic nitrogens is 3. The predicted molar refractivity (Wildman–Crippen MR) is 99.1 cm³/mol. The highest BCUT2D eigenvalue weighted by Crippen LogP contribution is 2.30. The van der Waals surface area contributed by atoms with Crippen LogP contribution < -0.4 is 10.6 Å². The maximum Gasteiger partial charge on any atom is 0.191 e. The molecular weight excluding hydrogens is 300 g/mol. The summed E-state index contributed by atoms with van der Waals surface area (Å²) in [4.78, 5) is 4.80. The van der Waals surface area contributed by atoms with Gasteiger partial charge in [-0.25, -0.2) is 0 Å². The van der Waals surface area contributed by atoms with Crippen LogP contribution in [0.2, 0.25) is 0 Å². The number of rotatable bonds is 8. The Labute approximate surface area is 146 Å². The first kappa shape index (κ1) is 18.7. The molecule has 0 aliphatic heterocycles. The van der Waals surface area contributed by atoms with E-state index in [1.54, 1.807) is 6.33 Å². The standard InChI is InChI=1S/C18H34N6/c1-4-15-7-9-16(10-8-15)13-21-18(19-6-3)20-11-12-24-14-22-23-17(24)5-2/h14-16H,4-13H2,1-3H3,(H2,19,20,21). The summed E-state index contributed by atoms with van der Waals surface area (Å²) in [5.41, 5.74) is 0. The molecule has 0 spiro atoms. The highest BCUT2D eigenvalue weighted by molar-refractivity contribution is 5.79. The lowest BCUT2D eigenvalue weighted by Gasteiger charge is -2.26. The maximum absolute atomic E-state index is 4.80. The molecule has 0 aromatic carbocycles. The molecule has 24 heavy (non-hydrogen) atoms. The van der Waals surface area contributed by atoms with Crippen LogP contribution in [0.4, 0.5) is 0 Å². The van der Waals surface area contributed by atoms with Gasteiger partial charge in [0.1, 0.15) is 12.2 Å². The van der Waals surface area contributed by atoms with Crippen molar-refractivity contribution < 1.29 is 0 Å². The smallest absolute Gasteiger partial charge is 0.191 e. The minimum Gasteiger partial charge on any atom is -0.357 e. The summed E-state index contributed by atoms with van der Waals surface area (Å²) in [6.45, 7) is 10.1. The SMILES string of the molecule is CCNC(=NCC1CCC(CC)CC1)NCCn1cnnc1CC. The first-order chi connectivity index (χ1) is 11.8. The van der Waals surface area contributed by atoms with Crippen molar-refractivity contribution in [1.82, 2.24) is 25.4 Å². The fourth-order valence-corrected chi connectivity index (χ4v) is 3.42. The molecule has 0 atom stereocenters. The Hall–Kier alpha value is -1.59. The molecule has 1 aliphatic rings. The molecule has 1 aliphatic carbocycles. The molecule has 1 aromatic heterocycles. The third-order valence-corrected chi connectivity index (χ3v) is 5.05. The minimum atomic E-state index is 0.757. The second-order valence-electron chi connectivity index (χ2n) is 6.74. The molecule has 0 radical (unpaired) electrons. The maximum atomic E-state index is 4.80. The minimum absolute atomic E-state index is 0.757. The molecule has 2 rings (SSSR count). The molecule has 0 saturated heterocycles. The fourth-order valence-electron chi connectivity index (χ4n) is 3.42. The molecule has 0 bridgehead atoms. The monoisotopic (exact) mass is 334 g/mol. The van der Waals surface area contributed by atoms with Crippen molar-refractivity contribution in [3.8, 4) is 0 Å². The summed E-state index contributed by atoms with van der Waals surface area (Å²) >= 11 is 0. The van der Waals surface area contributed by atoms with Crippen LogP contribution in [0.3, 0.4) is 0 Å². The quantitative estimate of drug-likeness (QED) is 0.566. The summed E-state index contributed by atoms with van der Waals surface area (Å²) in [6, 6.07) is 0. The lowest BCUT2D eigenvalue weighted by atomic mass is 9.81. The van der Waals surface area contributed by atoms with Crippen LogP contribution in [0.5, 0.6) is 0 Å². The van der Waals surface area contributed by atoms with Crippen molar-refractivity contribution in [2.45, 2.75) is 65.8 Å². The normalized spacial score (nSPS) is 21.7. The van der Waals surface area contributed by atoms with Crippen LogP contribution in [0.25, 0.3) is 0 Å². The fraction of sp³-hybridized carbons (Fsp3) is 0.833. The van der Waals surface area contributed by atoms with Crippen molar-refractivity contribution in [3.63, 3.8) is 0 Å². The van der Waals surface area contributed by atoms with Crippen LogP contribution in [-0.4, -0.2) is 40.4 Å². The van der Waals surface area contributed by atoms with Crippen LogP contribution in [-0.2, 0) is 13.0 Å². The van der Waals surface area contributed by atoms with Crippen molar-refractivity contribution in [2.75, 3.05) is 19.6 Å². The number of aryl methyl sites for hydroxylation is 1. The number of guanidine groups is 1. The van der Waals surface area contributed by atoms with Gasteiger partial charge in [0, 0.05) is 32.6 Å². The van der Waals surface area contributed by atoms with Gasteiger partial charge in [-0.1, -0.05) is 33.1 Å². The Morgan fingerprint density at radius 2 is 1.92 bits per heavy atom. The average molecular weight is 335 g/mol. The van der Waals surface area contributed by atoms with Gasteiger partial charge in [0.15, 0.2) is 5.96 Å². The summed E-state index contributed by atoms with van der Waals surface area (Å²) in [5, 5.41) is 14.9. The third kappa shape index (κ3) is 5.80. The molecule has 136 valence electrons. The molecule has 1 saturated carbocycles. The van der Waals surface area contributed by atoms with E-state index < -0.39 is 0 Å². The Bertz CT molecular complexity index is 487. The first-order valence-corrected chi connectivity index (χ1v) is 9.65. The molecule has 2 N–H and O–H groups in total. The van der Waals surface area contributed by atoms with E-state index in [0.29, 0.717) is 0 Å². The van der Waals surface area contributed by atoms with Crippen molar-refractivity contribution in [3.05, 3.63) is 12.2 Å². The van der Waals surface area contributed by atoms with E-state index >= 15 is 0 Å². The van der Waals surface area contributed by atoms with Crippen LogP contribution in [0.1, 0.15) is 58.7 Å². The van der Waals surface area contributed by atoms with Crippen LogP contribution in [0.15, 0.2) is 11.3 Å². The van der Waals surface area contributed by atoms with Crippen LogP contribution in [0, 0.1) is 11.8 Å². The number of hydrogen-bond acceptors (Lipinski definition) is 3. The van der Waals surface area contributed by atoms with Gasteiger partial charge in [-0.3, -0.25) is 4.99 Å². The Kier molecular flexibility index (Phi) is 8.05. The zero-order valence-electron chi connectivity index (χ0n) is 15.6. The number of hydrogen-bond donors (Lipinski definition) is 2. The summed E-state index contributed by atoms with van der Waals surface area (Å²) in [7, 11) is 0. The summed E-state index contributed by atoms with van der Waals surface area (Å²) in [5.74, 6) is 3.67. The lowest BCUT2D eigenvalue weighted by molar-refractivity contribution is 0.274. The van der Waals surface area contributed by atoms with E-state index in [0.717, 1.165) is 56.2 Å². The highest BCUT2D eigenvalue weighted by atomic mass is 15.3. The van der Waals surface area contributed by atoms with Crippen molar-refractivity contribution in [1.29, 1.82) is 0 Å². The molecule has 0 unspecified atom stereocenters. The first-order valence-electron chi connectivity index (χ1n) is 9.65. The van der Waals surface area contributed by atoms with Gasteiger partial charge in [-0.2, -0.15) is 0 Å². The van der Waals surface area contributed by atoms with E-state index in [1.807, 2.05) is 0 Å². The second kappa shape index (κ2) is 10.3. The van der Waals surface area contributed by atoms with Gasteiger partial charge in [0.25, 0.3) is 0 Å². The second-order valence-corrected chi connectivity index (χ2v) is 6.74. The predicted octanol–water partition coefficient (Wildman–Crippen LogP) is 2.61. The van der Waals surface area contributed by atoms with Gasteiger partial charge in [-0.15, -0.1) is 10.2 Å². The molecule has 6 nitrogen and oxygen atoms in total. The summed E-state index contributed by atoms with van der Waals surface area (Å²) in [6.07, 6.45) is 9.49. The van der Waals surface area contributed by atoms with Gasteiger partial charge < -0.3 is 15.2 Å². The van der Waals surface area contributed by atoms with Crippen molar-refractivity contribution >= 4 is 5.96 Å². The average Bonchev–Trinajstić information content (AvgIpc) is 3.07. The van der Waals surface area contributed by atoms with E-state index in [2.05, 4.69) is 46.2 Å². The molecule has 6 heteroatoms. The van der Waals surface area contributed by atoms with E-state index in [9.17, 15) is 0 Å². The van der Waals surface area contributed by atoms with E-state index in [-0.39, 0.29) is 0 Å². The molecule has 0 amide bonds. The van der Waals surface area contributed by atoms with E-state index in [4.69, 9.17) is 4.99 Å². The zero-order valence-corrected chi connectivity index (χ0v) is 15.6. The topological polar surface area (TPSA) is 67.1 Å². The largest absolute Gasteiger partial charge is 0.357 e. The third-order valence-electron chi connectivity index (χ3n) is 5.05. The Balaban J connectivity index is 1.76. The number of nitrogens with zero attached hydrogens (tertiary/aromatic N) is 4. The Morgan fingerprint density at radius 3 is 2.58 bits per heavy atom.